The maximum atomic E-state index is 10.8. The zero-order chi connectivity index (χ0) is 7.56. The first-order valence-corrected chi connectivity index (χ1v) is 3.17. The molecular weight excluding hydrogens is 170 g/mol. The third-order valence-electron chi connectivity index (χ3n) is 1.63. The highest BCUT2D eigenvalue weighted by Gasteiger charge is 2.31. The van der Waals surface area contributed by atoms with Crippen LogP contribution in [0.25, 0.3) is 0 Å². The zero-order valence-corrected chi connectivity index (χ0v) is 7.10. The number of rotatable bonds is 1. The molecule has 0 aromatic heterocycles. The Kier molecular flexibility index (Phi) is 4.40. The summed E-state index contributed by atoms with van der Waals surface area (Å²) in [5, 5.41) is 0. The highest BCUT2D eigenvalue weighted by molar-refractivity contribution is 5.85. The molecule has 0 unspecified atom stereocenters. The fraction of sp³-hybridized carbons (Fsp3) is 0.833. The monoisotopic (exact) mass is 181 g/mol. The predicted molar refractivity (Wildman–Crippen MR) is 41.5 cm³/mol. The Balaban J connectivity index is 0.000001000. The van der Waals surface area contributed by atoms with Crippen LogP contribution in [0.3, 0.4) is 0 Å². The first-order chi connectivity index (χ1) is 4.75. The molecule has 0 radical (unpaired) electrons. The van der Waals surface area contributed by atoms with Crippen LogP contribution >= 0.6 is 12.4 Å². The topological polar surface area (TPSA) is 61.5 Å². The van der Waals surface area contributed by atoms with Crippen molar-refractivity contribution in [3.8, 4) is 0 Å². The Hall–Kier alpha value is -0.320. The lowest BCUT2D eigenvalue weighted by atomic mass is 10.1. The van der Waals surface area contributed by atoms with Crippen molar-refractivity contribution in [2.45, 2.75) is 6.04 Å². The second kappa shape index (κ2) is 4.54. The number of carbonyl (C=O) groups excluding carboxylic acids is 1. The van der Waals surface area contributed by atoms with E-state index in [0.717, 1.165) is 0 Å². The van der Waals surface area contributed by atoms with Gasteiger partial charge in [0.2, 0.25) is 0 Å². The molecule has 0 amide bonds. The minimum atomic E-state index is -0.273. The Labute approximate surface area is 71.4 Å². The molecule has 1 heterocycles. The molecular formula is C6H12ClNO3. The Morgan fingerprint density at radius 1 is 1.64 bits per heavy atom. The molecule has 0 bridgehead atoms. The molecule has 2 N–H and O–H groups in total. The van der Waals surface area contributed by atoms with E-state index in [1.807, 2.05) is 0 Å². The maximum absolute atomic E-state index is 10.8. The van der Waals surface area contributed by atoms with Gasteiger partial charge in [-0.05, 0) is 0 Å². The quantitative estimate of drug-likeness (QED) is 0.557. The first kappa shape index (κ1) is 10.7. The van der Waals surface area contributed by atoms with Gasteiger partial charge in [0.05, 0.1) is 26.2 Å². The Morgan fingerprint density at radius 3 is 2.64 bits per heavy atom. The largest absolute Gasteiger partial charge is 0.469 e. The number of hydrogen-bond donors (Lipinski definition) is 1. The van der Waals surface area contributed by atoms with E-state index in [-0.39, 0.29) is 30.3 Å². The van der Waals surface area contributed by atoms with E-state index in [4.69, 9.17) is 10.5 Å². The predicted octanol–water partition coefficient (Wildman–Crippen LogP) is -0.445. The summed E-state index contributed by atoms with van der Waals surface area (Å²) in [5.74, 6) is -0.532. The van der Waals surface area contributed by atoms with Crippen molar-refractivity contribution in [2.24, 2.45) is 11.7 Å². The number of hydrogen-bond acceptors (Lipinski definition) is 4. The summed E-state index contributed by atoms with van der Waals surface area (Å²) in [6.07, 6.45) is 0. The number of nitrogens with two attached hydrogens (primary N) is 1. The fourth-order valence-electron chi connectivity index (χ4n) is 0.965. The van der Waals surface area contributed by atoms with E-state index < -0.39 is 0 Å². The van der Waals surface area contributed by atoms with Gasteiger partial charge in [0.1, 0.15) is 0 Å². The molecule has 1 fully saturated rings. The maximum Gasteiger partial charge on any atom is 0.312 e. The van der Waals surface area contributed by atoms with Crippen LogP contribution in [0.15, 0.2) is 0 Å². The van der Waals surface area contributed by atoms with Crippen LogP contribution in [0.4, 0.5) is 0 Å². The van der Waals surface area contributed by atoms with Gasteiger partial charge in [0, 0.05) is 6.04 Å². The smallest absolute Gasteiger partial charge is 0.312 e. The summed E-state index contributed by atoms with van der Waals surface area (Å²) >= 11 is 0. The number of methoxy groups -OCH3 is 1. The Bertz CT molecular complexity index is 142. The van der Waals surface area contributed by atoms with E-state index in [9.17, 15) is 4.79 Å². The third-order valence-corrected chi connectivity index (χ3v) is 1.63. The standard InChI is InChI=1S/C6H11NO3.ClH/c1-9-6(8)4-2-10-3-5(4)7;/h4-5H,2-3,7H2,1H3;1H/t4-,5-;/m1./s1. The molecule has 4 nitrogen and oxygen atoms in total. The van der Waals surface area contributed by atoms with Gasteiger partial charge in [-0.15, -0.1) is 12.4 Å². The van der Waals surface area contributed by atoms with Gasteiger partial charge in [0.15, 0.2) is 0 Å². The second-order valence-corrected chi connectivity index (χ2v) is 2.33. The number of ether oxygens (including phenoxy) is 2. The van der Waals surface area contributed by atoms with Gasteiger partial charge in [0.25, 0.3) is 0 Å². The van der Waals surface area contributed by atoms with Crippen LogP contribution in [0.1, 0.15) is 0 Å². The molecule has 1 aliphatic heterocycles. The lowest BCUT2D eigenvalue weighted by Crippen LogP contribution is -2.34. The van der Waals surface area contributed by atoms with E-state index in [2.05, 4.69) is 4.74 Å². The third kappa shape index (κ3) is 2.32. The molecule has 1 rings (SSSR count). The molecule has 66 valence electrons. The van der Waals surface area contributed by atoms with Crippen molar-refractivity contribution in [2.75, 3.05) is 20.3 Å². The van der Waals surface area contributed by atoms with Crippen LogP contribution in [0.5, 0.6) is 0 Å². The highest BCUT2D eigenvalue weighted by Crippen LogP contribution is 2.12. The van der Waals surface area contributed by atoms with Crippen molar-refractivity contribution in [1.82, 2.24) is 0 Å². The SMILES string of the molecule is COC(=O)[C@@H]1COC[C@H]1N.Cl. The van der Waals surface area contributed by atoms with Crippen LogP contribution in [-0.4, -0.2) is 32.3 Å². The van der Waals surface area contributed by atoms with Crippen LogP contribution in [0.2, 0.25) is 0 Å². The molecule has 2 atom stereocenters. The van der Waals surface area contributed by atoms with Gasteiger partial charge < -0.3 is 15.2 Å². The summed E-state index contributed by atoms with van der Waals surface area (Å²) in [7, 11) is 1.35. The summed E-state index contributed by atoms with van der Waals surface area (Å²) in [6, 6.07) is -0.188. The van der Waals surface area contributed by atoms with Crippen molar-refractivity contribution in [3.05, 3.63) is 0 Å². The van der Waals surface area contributed by atoms with Gasteiger partial charge in [-0.2, -0.15) is 0 Å². The average Bonchev–Trinajstić information content (AvgIpc) is 2.34. The fourth-order valence-corrected chi connectivity index (χ4v) is 0.965. The van der Waals surface area contributed by atoms with Crippen molar-refractivity contribution < 1.29 is 14.3 Å². The summed E-state index contributed by atoms with van der Waals surface area (Å²) in [4.78, 5) is 10.8. The van der Waals surface area contributed by atoms with Gasteiger partial charge in [-0.25, -0.2) is 0 Å². The molecule has 0 aromatic carbocycles. The summed E-state index contributed by atoms with van der Waals surface area (Å²) < 4.78 is 9.47. The van der Waals surface area contributed by atoms with Crippen molar-refractivity contribution in [3.63, 3.8) is 0 Å². The molecule has 0 aromatic rings. The van der Waals surface area contributed by atoms with E-state index in [1.165, 1.54) is 7.11 Å². The lowest BCUT2D eigenvalue weighted by Gasteiger charge is -2.08. The molecule has 5 heteroatoms. The second-order valence-electron chi connectivity index (χ2n) is 2.33. The molecule has 11 heavy (non-hydrogen) atoms. The van der Waals surface area contributed by atoms with E-state index in [1.54, 1.807) is 0 Å². The van der Waals surface area contributed by atoms with Gasteiger partial charge in [-0.1, -0.05) is 0 Å². The number of esters is 1. The van der Waals surface area contributed by atoms with Crippen molar-refractivity contribution >= 4 is 18.4 Å². The zero-order valence-electron chi connectivity index (χ0n) is 6.28. The van der Waals surface area contributed by atoms with E-state index in [0.29, 0.717) is 13.2 Å². The highest BCUT2D eigenvalue weighted by atomic mass is 35.5. The summed E-state index contributed by atoms with van der Waals surface area (Å²) in [5.41, 5.74) is 5.53. The molecule has 0 aliphatic carbocycles. The summed E-state index contributed by atoms with van der Waals surface area (Å²) in [6.45, 7) is 0.855. The minimum Gasteiger partial charge on any atom is -0.469 e. The van der Waals surface area contributed by atoms with Crippen LogP contribution in [-0.2, 0) is 14.3 Å². The number of halogens is 1. The molecule has 1 saturated heterocycles. The van der Waals surface area contributed by atoms with Crippen molar-refractivity contribution in [1.29, 1.82) is 0 Å². The lowest BCUT2D eigenvalue weighted by molar-refractivity contribution is -0.145. The van der Waals surface area contributed by atoms with Crippen LogP contribution in [0, 0.1) is 5.92 Å². The minimum absolute atomic E-state index is 0. The molecule has 0 saturated carbocycles. The average molecular weight is 182 g/mol. The van der Waals surface area contributed by atoms with Gasteiger partial charge >= 0.3 is 5.97 Å². The molecule has 0 spiro atoms. The van der Waals surface area contributed by atoms with E-state index >= 15 is 0 Å². The number of carbonyl (C=O) groups is 1. The van der Waals surface area contributed by atoms with Gasteiger partial charge in [-0.3, -0.25) is 4.79 Å². The normalized spacial score (nSPS) is 29.3. The Morgan fingerprint density at radius 2 is 2.27 bits per heavy atom. The molecule has 1 aliphatic rings. The first-order valence-electron chi connectivity index (χ1n) is 3.17. The van der Waals surface area contributed by atoms with Crippen LogP contribution < -0.4 is 5.73 Å².